The minimum Gasteiger partial charge on any atom is -0.399 e. The van der Waals surface area contributed by atoms with Crippen LogP contribution in [0.1, 0.15) is 50.9 Å². The molecule has 2 fully saturated rings. The average molecular weight is 272 g/mol. The maximum Gasteiger partial charge on any atom is 0.494 e. The first-order chi connectivity index (χ1) is 9.30. The smallest absolute Gasteiger partial charge is 0.399 e. The highest BCUT2D eigenvalue weighted by molar-refractivity contribution is 6.62. The van der Waals surface area contributed by atoms with Gasteiger partial charge in [-0.05, 0) is 46.0 Å². The Morgan fingerprint density at radius 1 is 1.15 bits per heavy atom. The molecule has 0 spiro atoms. The molecule has 1 saturated carbocycles. The second-order valence-corrected chi connectivity index (χ2v) is 6.85. The molecule has 0 bridgehead atoms. The average Bonchev–Trinajstić information content (AvgIpc) is 3.17. The Kier molecular flexibility index (Phi) is 3.07. The molecule has 0 radical (unpaired) electrons. The Balaban J connectivity index is 1.85. The van der Waals surface area contributed by atoms with Gasteiger partial charge in [-0.25, -0.2) is 0 Å². The molecule has 1 aromatic rings. The van der Waals surface area contributed by atoms with E-state index in [1.165, 1.54) is 0 Å². The zero-order chi connectivity index (χ0) is 14.5. The van der Waals surface area contributed by atoms with Crippen LogP contribution >= 0.6 is 0 Å². The fourth-order valence-corrected chi connectivity index (χ4v) is 2.40. The highest BCUT2D eigenvalue weighted by Gasteiger charge is 2.51. The zero-order valence-corrected chi connectivity index (χ0v) is 12.6. The van der Waals surface area contributed by atoms with Gasteiger partial charge in [0.15, 0.2) is 5.78 Å². The summed E-state index contributed by atoms with van der Waals surface area (Å²) in [6, 6.07) is 7.68. The number of benzene rings is 1. The summed E-state index contributed by atoms with van der Waals surface area (Å²) in [5, 5.41) is 0. The molecule has 20 heavy (non-hydrogen) atoms. The van der Waals surface area contributed by atoms with E-state index in [4.69, 9.17) is 9.31 Å². The number of ketones is 1. The summed E-state index contributed by atoms with van der Waals surface area (Å²) in [5.41, 5.74) is 0.998. The Morgan fingerprint density at radius 2 is 1.75 bits per heavy atom. The van der Waals surface area contributed by atoms with Gasteiger partial charge in [-0.1, -0.05) is 24.3 Å². The van der Waals surface area contributed by atoms with Gasteiger partial charge in [-0.15, -0.1) is 0 Å². The van der Waals surface area contributed by atoms with E-state index in [0.29, 0.717) is 0 Å². The van der Waals surface area contributed by atoms with Crippen LogP contribution in [0, 0.1) is 5.92 Å². The third-order valence-electron chi connectivity index (χ3n) is 4.64. The standard InChI is InChI=1S/C16H21BO3/c1-15(2)16(3,4)20-17(19-15)13-7-5-6-12(10-13)14(18)11-8-9-11/h5-7,10-11H,8-9H2,1-4H3. The molecule has 1 heterocycles. The first-order valence-corrected chi connectivity index (χ1v) is 7.30. The van der Waals surface area contributed by atoms with Crippen molar-refractivity contribution < 1.29 is 14.1 Å². The molecular weight excluding hydrogens is 251 g/mol. The van der Waals surface area contributed by atoms with Gasteiger partial charge in [0.1, 0.15) is 0 Å². The van der Waals surface area contributed by atoms with Crippen LogP contribution in [-0.4, -0.2) is 24.1 Å². The van der Waals surface area contributed by atoms with Crippen LogP contribution in [-0.2, 0) is 9.31 Å². The van der Waals surface area contributed by atoms with E-state index in [2.05, 4.69) is 0 Å². The van der Waals surface area contributed by atoms with Crippen LogP contribution in [0.25, 0.3) is 0 Å². The molecule has 1 aliphatic heterocycles. The lowest BCUT2D eigenvalue weighted by atomic mass is 9.78. The molecule has 0 unspecified atom stereocenters. The molecule has 3 rings (SSSR count). The van der Waals surface area contributed by atoms with Gasteiger partial charge in [0, 0.05) is 11.5 Å². The van der Waals surface area contributed by atoms with E-state index in [1.54, 1.807) is 0 Å². The van der Waals surface area contributed by atoms with Crippen LogP contribution in [0.15, 0.2) is 24.3 Å². The van der Waals surface area contributed by atoms with Crippen LogP contribution in [0.5, 0.6) is 0 Å². The number of carbonyl (C=O) groups is 1. The van der Waals surface area contributed by atoms with Gasteiger partial charge in [0.2, 0.25) is 0 Å². The molecule has 4 heteroatoms. The monoisotopic (exact) mass is 272 g/mol. The largest absolute Gasteiger partial charge is 0.494 e. The van der Waals surface area contributed by atoms with Crippen molar-refractivity contribution in [2.45, 2.75) is 51.7 Å². The van der Waals surface area contributed by atoms with Crippen molar-refractivity contribution in [1.82, 2.24) is 0 Å². The highest BCUT2D eigenvalue weighted by atomic mass is 16.7. The third kappa shape index (κ3) is 2.31. The zero-order valence-electron chi connectivity index (χ0n) is 12.6. The molecule has 106 valence electrons. The van der Waals surface area contributed by atoms with E-state index in [0.717, 1.165) is 23.9 Å². The minimum absolute atomic E-state index is 0.239. The van der Waals surface area contributed by atoms with Gasteiger partial charge in [0.25, 0.3) is 0 Å². The molecule has 0 aromatic heterocycles. The van der Waals surface area contributed by atoms with Gasteiger partial charge < -0.3 is 9.31 Å². The molecule has 0 atom stereocenters. The molecule has 0 amide bonds. The summed E-state index contributed by atoms with van der Waals surface area (Å²) >= 11 is 0. The third-order valence-corrected chi connectivity index (χ3v) is 4.64. The lowest BCUT2D eigenvalue weighted by molar-refractivity contribution is 0.00578. The minimum atomic E-state index is -0.396. The quantitative estimate of drug-likeness (QED) is 0.626. The van der Waals surface area contributed by atoms with Crippen LogP contribution in [0.3, 0.4) is 0 Å². The van der Waals surface area contributed by atoms with Gasteiger partial charge in [0.05, 0.1) is 11.2 Å². The summed E-state index contributed by atoms with van der Waals surface area (Å²) < 4.78 is 12.1. The lowest BCUT2D eigenvalue weighted by Gasteiger charge is -2.32. The number of Topliss-reactive ketones (excluding diaryl/α,β-unsaturated/α-hetero) is 1. The maximum absolute atomic E-state index is 12.1. The Bertz CT molecular complexity index is 530. The maximum atomic E-state index is 12.1. The predicted molar refractivity (Wildman–Crippen MR) is 79.2 cm³/mol. The number of carbonyl (C=O) groups excluding carboxylic acids is 1. The van der Waals surface area contributed by atoms with E-state index in [-0.39, 0.29) is 22.9 Å². The summed E-state index contributed by atoms with van der Waals surface area (Å²) in [6.45, 7) is 8.14. The molecule has 1 aromatic carbocycles. The lowest BCUT2D eigenvalue weighted by Crippen LogP contribution is -2.41. The van der Waals surface area contributed by atoms with E-state index in [1.807, 2.05) is 52.0 Å². The van der Waals surface area contributed by atoms with Crippen molar-refractivity contribution in [2.75, 3.05) is 0 Å². The van der Waals surface area contributed by atoms with Gasteiger partial charge in [-0.2, -0.15) is 0 Å². The molecule has 2 aliphatic rings. The van der Waals surface area contributed by atoms with Gasteiger partial charge >= 0.3 is 7.12 Å². The molecule has 3 nitrogen and oxygen atoms in total. The van der Waals surface area contributed by atoms with Crippen LogP contribution in [0.4, 0.5) is 0 Å². The van der Waals surface area contributed by atoms with E-state index < -0.39 is 7.12 Å². The van der Waals surface area contributed by atoms with Crippen molar-refractivity contribution in [2.24, 2.45) is 5.92 Å². The molecule has 1 aliphatic carbocycles. The first kappa shape index (κ1) is 13.8. The molecular formula is C16H21BO3. The SMILES string of the molecule is CC1(C)OB(c2cccc(C(=O)C3CC3)c2)OC1(C)C. The molecule has 0 N–H and O–H groups in total. The van der Waals surface area contributed by atoms with Crippen molar-refractivity contribution in [3.05, 3.63) is 29.8 Å². The molecule has 1 saturated heterocycles. The fraction of sp³-hybridized carbons (Fsp3) is 0.562. The van der Waals surface area contributed by atoms with E-state index >= 15 is 0 Å². The first-order valence-electron chi connectivity index (χ1n) is 7.30. The summed E-state index contributed by atoms with van der Waals surface area (Å²) in [6.07, 6.45) is 2.05. The predicted octanol–water partition coefficient (Wildman–Crippen LogP) is 2.58. The normalized spacial score (nSPS) is 23.9. The number of rotatable bonds is 3. The van der Waals surface area contributed by atoms with E-state index in [9.17, 15) is 4.79 Å². The van der Waals surface area contributed by atoms with Crippen molar-refractivity contribution in [1.29, 1.82) is 0 Å². The van der Waals surface area contributed by atoms with Crippen molar-refractivity contribution >= 4 is 18.4 Å². The topological polar surface area (TPSA) is 35.5 Å². The van der Waals surface area contributed by atoms with Crippen molar-refractivity contribution in [3.8, 4) is 0 Å². The second-order valence-electron chi connectivity index (χ2n) is 6.85. The Hall–Kier alpha value is -1.13. The Morgan fingerprint density at radius 3 is 2.30 bits per heavy atom. The number of hydrogen-bond donors (Lipinski definition) is 0. The van der Waals surface area contributed by atoms with Gasteiger partial charge in [-0.3, -0.25) is 4.79 Å². The number of hydrogen-bond acceptors (Lipinski definition) is 3. The summed E-state index contributed by atoms with van der Waals surface area (Å²) in [5.74, 6) is 0.493. The van der Waals surface area contributed by atoms with Crippen LogP contribution < -0.4 is 5.46 Å². The summed E-state index contributed by atoms with van der Waals surface area (Å²) in [7, 11) is -0.396. The highest BCUT2D eigenvalue weighted by Crippen LogP contribution is 2.37. The summed E-state index contributed by atoms with van der Waals surface area (Å²) in [4.78, 5) is 12.1. The Labute approximate surface area is 120 Å². The second kappa shape index (κ2) is 4.44. The van der Waals surface area contributed by atoms with Crippen molar-refractivity contribution in [3.63, 3.8) is 0 Å². The van der Waals surface area contributed by atoms with Crippen LogP contribution in [0.2, 0.25) is 0 Å². The fourth-order valence-electron chi connectivity index (χ4n) is 2.40.